The van der Waals surface area contributed by atoms with Crippen molar-refractivity contribution in [1.29, 1.82) is 0 Å². The predicted octanol–water partition coefficient (Wildman–Crippen LogP) is 0.368. The first-order chi connectivity index (χ1) is 10.1. The van der Waals surface area contributed by atoms with Crippen LogP contribution in [0.5, 0.6) is 0 Å². The molecule has 2 aromatic heterocycles. The molecule has 2 heterocycles. The van der Waals surface area contributed by atoms with Gasteiger partial charge in [-0.3, -0.25) is 10.4 Å². The van der Waals surface area contributed by atoms with Crippen LogP contribution in [0.15, 0.2) is 41.8 Å². The SMILES string of the molecule is CCN(Cc1ccncc1)S(=O)(=O)c1cnc(NN)nc1. The number of nitrogens with zero attached hydrogens (tertiary/aromatic N) is 4. The normalized spacial score (nSPS) is 11.6. The highest BCUT2D eigenvalue weighted by molar-refractivity contribution is 7.89. The molecule has 21 heavy (non-hydrogen) atoms. The molecule has 0 aliphatic carbocycles. The highest BCUT2D eigenvalue weighted by atomic mass is 32.2. The molecule has 0 unspecified atom stereocenters. The molecule has 0 aliphatic rings. The number of nitrogens with two attached hydrogens (primary N) is 1. The molecule has 0 aromatic carbocycles. The molecule has 112 valence electrons. The summed E-state index contributed by atoms with van der Waals surface area (Å²) in [6.45, 7) is 2.37. The zero-order valence-corrected chi connectivity index (χ0v) is 12.3. The lowest BCUT2D eigenvalue weighted by atomic mass is 10.3. The maximum absolute atomic E-state index is 12.5. The molecule has 0 bridgehead atoms. The Bertz CT molecular complexity index is 675. The summed E-state index contributed by atoms with van der Waals surface area (Å²) in [6.07, 6.45) is 5.71. The number of pyridine rings is 1. The van der Waals surface area contributed by atoms with Gasteiger partial charge in [0.25, 0.3) is 0 Å². The lowest BCUT2D eigenvalue weighted by Crippen LogP contribution is -2.30. The van der Waals surface area contributed by atoms with Gasteiger partial charge in [0, 0.05) is 25.5 Å². The van der Waals surface area contributed by atoms with Gasteiger partial charge in [0.2, 0.25) is 16.0 Å². The molecule has 0 aliphatic heterocycles. The lowest BCUT2D eigenvalue weighted by Gasteiger charge is -2.20. The first-order valence-corrected chi connectivity index (χ1v) is 7.69. The molecule has 9 heteroatoms. The molecule has 0 fully saturated rings. The molecular weight excluding hydrogens is 292 g/mol. The Hall–Kier alpha value is -2.10. The van der Waals surface area contributed by atoms with Crippen molar-refractivity contribution in [2.45, 2.75) is 18.4 Å². The molecule has 0 saturated carbocycles. The van der Waals surface area contributed by atoms with Crippen molar-refractivity contribution < 1.29 is 8.42 Å². The molecule has 8 nitrogen and oxygen atoms in total. The summed E-state index contributed by atoms with van der Waals surface area (Å²) >= 11 is 0. The third kappa shape index (κ3) is 3.51. The van der Waals surface area contributed by atoms with Crippen LogP contribution in [0, 0.1) is 0 Å². The second kappa shape index (κ2) is 6.57. The largest absolute Gasteiger partial charge is 0.292 e. The summed E-state index contributed by atoms with van der Waals surface area (Å²) in [4.78, 5) is 11.6. The van der Waals surface area contributed by atoms with E-state index in [1.807, 2.05) is 0 Å². The first-order valence-electron chi connectivity index (χ1n) is 6.25. The number of hydrogen-bond donors (Lipinski definition) is 2. The first kappa shape index (κ1) is 15.3. The van der Waals surface area contributed by atoms with Gasteiger partial charge in [0.1, 0.15) is 4.90 Å². The standard InChI is InChI=1S/C12H16N6O2S/c1-2-18(9-10-3-5-14-6-4-10)21(19,20)11-7-15-12(17-13)16-8-11/h3-8H,2,9,13H2,1H3,(H,15,16,17). The summed E-state index contributed by atoms with van der Waals surface area (Å²) in [5, 5.41) is 0. The molecule has 0 saturated heterocycles. The van der Waals surface area contributed by atoms with Gasteiger partial charge in [-0.25, -0.2) is 24.2 Å². The van der Waals surface area contributed by atoms with E-state index in [9.17, 15) is 8.42 Å². The van der Waals surface area contributed by atoms with E-state index in [1.54, 1.807) is 31.5 Å². The Kier molecular flexibility index (Phi) is 4.78. The van der Waals surface area contributed by atoms with E-state index >= 15 is 0 Å². The molecular formula is C12H16N6O2S. The molecule has 2 rings (SSSR count). The van der Waals surface area contributed by atoms with Gasteiger partial charge in [-0.1, -0.05) is 6.92 Å². The van der Waals surface area contributed by atoms with Gasteiger partial charge in [-0.2, -0.15) is 4.31 Å². The van der Waals surface area contributed by atoms with Crippen LogP contribution < -0.4 is 11.3 Å². The maximum atomic E-state index is 12.5. The Morgan fingerprint density at radius 3 is 2.38 bits per heavy atom. The second-order valence-corrected chi connectivity index (χ2v) is 6.11. The minimum Gasteiger partial charge on any atom is -0.292 e. The van der Waals surface area contributed by atoms with Crippen LogP contribution in [0.1, 0.15) is 12.5 Å². The lowest BCUT2D eigenvalue weighted by molar-refractivity contribution is 0.423. The summed E-state index contributed by atoms with van der Waals surface area (Å²) < 4.78 is 26.4. The summed E-state index contributed by atoms with van der Waals surface area (Å²) in [5.74, 6) is 5.31. The fraction of sp³-hybridized carbons (Fsp3) is 0.250. The minimum atomic E-state index is -3.65. The van der Waals surface area contributed by atoms with E-state index in [-0.39, 0.29) is 17.4 Å². The molecule has 2 aromatic rings. The Balaban J connectivity index is 2.26. The van der Waals surface area contributed by atoms with Crippen LogP contribution in [0.3, 0.4) is 0 Å². The minimum absolute atomic E-state index is 0.0254. The number of hydrazine groups is 1. The Morgan fingerprint density at radius 2 is 1.86 bits per heavy atom. The molecule has 0 spiro atoms. The van der Waals surface area contributed by atoms with Crippen LogP contribution in [0.2, 0.25) is 0 Å². The van der Waals surface area contributed by atoms with Gasteiger partial charge in [-0.15, -0.1) is 0 Å². The summed E-state index contributed by atoms with van der Waals surface area (Å²) in [7, 11) is -3.65. The number of anilines is 1. The number of nitrogen functional groups attached to an aromatic ring is 1. The number of aromatic nitrogens is 3. The topological polar surface area (TPSA) is 114 Å². The average molecular weight is 308 g/mol. The number of sulfonamides is 1. The fourth-order valence-electron chi connectivity index (χ4n) is 1.73. The van der Waals surface area contributed by atoms with E-state index in [0.717, 1.165) is 5.56 Å². The van der Waals surface area contributed by atoms with Crippen molar-refractivity contribution in [2.75, 3.05) is 12.0 Å². The van der Waals surface area contributed by atoms with Crippen molar-refractivity contribution in [3.63, 3.8) is 0 Å². The number of nitrogens with one attached hydrogen (secondary N) is 1. The molecule has 0 atom stereocenters. The van der Waals surface area contributed by atoms with Gasteiger partial charge >= 0.3 is 0 Å². The predicted molar refractivity (Wildman–Crippen MR) is 77.3 cm³/mol. The van der Waals surface area contributed by atoms with Gasteiger partial charge in [-0.05, 0) is 17.7 Å². The van der Waals surface area contributed by atoms with Crippen LogP contribution in [0.4, 0.5) is 5.95 Å². The van der Waals surface area contributed by atoms with Gasteiger partial charge < -0.3 is 0 Å². The quantitative estimate of drug-likeness (QED) is 0.585. The summed E-state index contributed by atoms with van der Waals surface area (Å²) in [6, 6.07) is 3.55. The van der Waals surface area contributed by atoms with Crippen molar-refractivity contribution in [3.8, 4) is 0 Å². The number of rotatable bonds is 6. The van der Waals surface area contributed by atoms with E-state index in [0.29, 0.717) is 6.54 Å². The smallest absolute Gasteiger partial charge is 0.246 e. The fourth-order valence-corrected chi connectivity index (χ4v) is 3.06. The second-order valence-electron chi connectivity index (χ2n) is 4.17. The number of hydrogen-bond acceptors (Lipinski definition) is 7. The van der Waals surface area contributed by atoms with Crippen LogP contribution >= 0.6 is 0 Å². The molecule has 3 N–H and O–H groups in total. The van der Waals surface area contributed by atoms with E-state index in [2.05, 4.69) is 20.4 Å². The van der Waals surface area contributed by atoms with Crippen molar-refractivity contribution in [1.82, 2.24) is 19.3 Å². The Labute approximate surface area is 123 Å². The maximum Gasteiger partial charge on any atom is 0.246 e. The van der Waals surface area contributed by atoms with Crippen molar-refractivity contribution in [2.24, 2.45) is 5.84 Å². The Morgan fingerprint density at radius 1 is 1.24 bits per heavy atom. The van der Waals surface area contributed by atoms with Gasteiger partial charge in [0.05, 0.1) is 12.4 Å². The van der Waals surface area contributed by atoms with E-state index < -0.39 is 10.0 Å². The average Bonchev–Trinajstić information content (AvgIpc) is 2.53. The van der Waals surface area contributed by atoms with Crippen LogP contribution in [-0.4, -0.2) is 34.2 Å². The molecule has 0 amide bonds. The highest BCUT2D eigenvalue weighted by Crippen LogP contribution is 2.17. The van der Waals surface area contributed by atoms with Crippen LogP contribution in [0.25, 0.3) is 0 Å². The third-order valence-corrected chi connectivity index (χ3v) is 4.73. The third-order valence-electron chi connectivity index (χ3n) is 2.86. The van der Waals surface area contributed by atoms with E-state index in [1.165, 1.54) is 16.7 Å². The van der Waals surface area contributed by atoms with Gasteiger partial charge in [0.15, 0.2) is 0 Å². The van der Waals surface area contributed by atoms with E-state index in [4.69, 9.17) is 5.84 Å². The zero-order valence-electron chi connectivity index (χ0n) is 11.5. The monoisotopic (exact) mass is 308 g/mol. The van der Waals surface area contributed by atoms with Crippen LogP contribution in [-0.2, 0) is 16.6 Å². The molecule has 0 radical (unpaired) electrons. The van der Waals surface area contributed by atoms with Crippen molar-refractivity contribution >= 4 is 16.0 Å². The summed E-state index contributed by atoms with van der Waals surface area (Å²) in [5.41, 5.74) is 3.11. The van der Waals surface area contributed by atoms with Crippen molar-refractivity contribution in [3.05, 3.63) is 42.5 Å². The zero-order chi connectivity index (χ0) is 15.3. The highest BCUT2D eigenvalue weighted by Gasteiger charge is 2.24.